The Morgan fingerprint density at radius 1 is 1.07 bits per heavy atom. The molecule has 0 radical (unpaired) electrons. The van der Waals surface area contributed by atoms with E-state index in [9.17, 15) is 22.8 Å². The zero-order chi connectivity index (χ0) is 21.9. The number of hydrogen-bond donors (Lipinski definition) is 2. The van der Waals surface area contributed by atoms with Crippen molar-refractivity contribution in [2.24, 2.45) is 5.92 Å². The van der Waals surface area contributed by atoms with E-state index in [2.05, 4.69) is 11.9 Å². The summed E-state index contributed by atoms with van der Waals surface area (Å²) in [7, 11) is 0. The molecule has 158 valence electrons. The maximum atomic E-state index is 12.9. The Kier molecular flexibility index (Phi) is 6.29. The summed E-state index contributed by atoms with van der Waals surface area (Å²) in [5.74, 6) is -2.65. The first kappa shape index (κ1) is 21.6. The fourth-order valence-corrected chi connectivity index (χ4v) is 3.51. The molecule has 30 heavy (non-hydrogen) atoms. The number of benzene rings is 2. The largest absolute Gasteiger partial charge is 0.408 e. The Bertz CT molecular complexity index is 924. The normalized spacial score (nSPS) is 20.2. The van der Waals surface area contributed by atoms with Crippen molar-refractivity contribution in [2.45, 2.75) is 38.0 Å². The van der Waals surface area contributed by atoms with Crippen molar-refractivity contribution in [3.05, 3.63) is 77.9 Å². The summed E-state index contributed by atoms with van der Waals surface area (Å²) in [5.41, 5.74) is 3.46. The second-order valence-corrected chi connectivity index (χ2v) is 7.49. The molecule has 3 rings (SSSR count). The van der Waals surface area contributed by atoms with E-state index in [1.807, 2.05) is 66.8 Å². The molecule has 0 spiro atoms. The highest BCUT2D eigenvalue weighted by Crippen LogP contribution is 2.30. The Morgan fingerprint density at radius 3 is 2.20 bits per heavy atom. The van der Waals surface area contributed by atoms with Gasteiger partial charge >= 0.3 is 6.18 Å². The van der Waals surface area contributed by atoms with Crippen LogP contribution in [0.3, 0.4) is 0 Å². The molecule has 4 nitrogen and oxygen atoms in total. The molecule has 1 saturated heterocycles. The van der Waals surface area contributed by atoms with Gasteiger partial charge in [-0.3, -0.25) is 9.59 Å². The van der Waals surface area contributed by atoms with Crippen molar-refractivity contribution < 1.29 is 22.8 Å². The molecular weight excluding hydrogens is 393 g/mol. The molecule has 1 heterocycles. The Balaban J connectivity index is 1.81. The summed E-state index contributed by atoms with van der Waals surface area (Å²) in [5, 5.41) is 4.77. The second kappa shape index (κ2) is 8.73. The van der Waals surface area contributed by atoms with Crippen LogP contribution in [0.4, 0.5) is 13.2 Å². The number of piperidine rings is 1. The van der Waals surface area contributed by atoms with Gasteiger partial charge in [-0.2, -0.15) is 13.2 Å². The Labute approximate surface area is 173 Å². The lowest BCUT2D eigenvalue weighted by Gasteiger charge is -2.31. The van der Waals surface area contributed by atoms with Crippen LogP contribution >= 0.6 is 0 Å². The second-order valence-electron chi connectivity index (χ2n) is 7.49. The fourth-order valence-electron chi connectivity index (χ4n) is 3.51. The van der Waals surface area contributed by atoms with E-state index in [1.54, 1.807) is 0 Å². The molecule has 0 aliphatic carbocycles. The van der Waals surface area contributed by atoms with Crippen molar-refractivity contribution in [2.75, 3.05) is 0 Å². The molecule has 3 unspecified atom stereocenters. The smallest absolute Gasteiger partial charge is 0.344 e. The monoisotopic (exact) mass is 416 g/mol. The van der Waals surface area contributed by atoms with Crippen molar-refractivity contribution >= 4 is 17.4 Å². The first-order chi connectivity index (χ1) is 14.2. The summed E-state index contributed by atoms with van der Waals surface area (Å²) >= 11 is 0. The molecule has 0 saturated carbocycles. The fraction of sp³-hybridized carbons (Fsp3) is 0.304. The summed E-state index contributed by atoms with van der Waals surface area (Å²) in [6.07, 6.45) is -5.00. The number of halogens is 3. The minimum absolute atomic E-state index is 0.155. The predicted molar refractivity (Wildman–Crippen MR) is 108 cm³/mol. The molecule has 2 aromatic carbocycles. The van der Waals surface area contributed by atoms with Gasteiger partial charge in [-0.25, -0.2) is 0 Å². The lowest BCUT2D eigenvalue weighted by molar-refractivity contribution is -0.171. The molecule has 2 aromatic rings. The third-order valence-corrected chi connectivity index (χ3v) is 5.24. The molecule has 2 N–H and O–H groups in total. The minimum atomic E-state index is -4.52. The molecule has 3 atom stereocenters. The van der Waals surface area contributed by atoms with E-state index in [4.69, 9.17) is 0 Å². The summed E-state index contributed by atoms with van der Waals surface area (Å²) in [6.45, 7) is 5.80. The van der Waals surface area contributed by atoms with Crippen molar-refractivity contribution in [3.63, 3.8) is 0 Å². The predicted octanol–water partition coefficient (Wildman–Crippen LogP) is 4.38. The van der Waals surface area contributed by atoms with Gasteiger partial charge in [-0.15, -0.1) is 0 Å². The van der Waals surface area contributed by atoms with Crippen LogP contribution in [0.5, 0.6) is 0 Å². The third kappa shape index (κ3) is 4.90. The zero-order valence-electron chi connectivity index (χ0n) is 16.5. The maximum absolute atomic E-state index is 12.9. The highest BCUT2D eigenvalue weighted by Gasteiger charge is 2.46. The highest BCUT2D eigenvalue weighted by molar-refractivity contribution is 6.01. The first-order valence-electron chi connectivity index (χ1n) is 9.65. The van der Waals surface area contributed by atoms with Gasteiger partial charge in [0, 0.05) is 0 Å². The average molecular weight is 416 g/mol. The van der Waals surface area contributed by atoms with Gasteiger partial charge in [0.25, 0.3) is 0 Å². The molecule has 2 amide bonds. The third-order valence-electron chi connectivity index (χ3n) is 5.24. The standard InChI is InChI=1S/C23H23F3N2O2/c1-14(2)15-8-10-17(11-9-15)20(16-6-4-3-5-7-16)28-22(30)18-12-13-19(23(24,25)26)27-21(18)29/h3-11,18-20H,1,12-13H2,2H3,(H,27,29)(H,28,30). The number of alkyl halides is 3. The van der Waals surface area contributed by atoms with Crippen LogP contribution < -0.4 is 10.6 Å². The SMILES string of the molecule is C=C(C)c1ccc(C(NC(=O)C2CCC(C(F)(F)F)NC2=O)c2ccccc2)cc1. The first-order valence-corrected chi connectivity index (χ1v) is 9.65. The zero-order valence-corrected chi connectivity index (χ0v) is 16.5. The Morgan fingerprint density at radius 2 is 1.67 bits per heavy atom. The van der Waals surface area contributed by atoms with Crippen molar-refractivity contribution in [3.8, 4) is 0 Å². The number of hydrogen-bond acceptors (Lipinski definition) is 2. The number of carbonyl (C=O) groups excluding carboxylic acids is 2. The van der Waals surface area contributed by atoms with Gasteiger partial charge in [0.05, 0.1) is 6.04 Å². The molecule has 1 aliphatic heterocycles. The van der Waals surface area contributed by atoms with E-state index in [0.29, 0.717) is 0 Å². The van der Waals surface area contributed by atoms with Crippen LogP contribution in [-0.2, 0) is 9.59 Å². The van der Waals surface area contributed by atoms with Crippen molar-refractivity contribution in [1.29, 1.82) is 0 Å². The van der Waals surface area contributed by atoms with E-state index in [-0.39, 0.29) is 12.8 Å². The molecule has 1 aliphatic rings. The molecule has 7 heteroatoms. The maximum Gasteiger partial charge on any atom is 0.408 e. The number of carbonyl (C=O) groups is 2. The van der Waals surface area contributed by atoms with Gasteiger partial charge in [0.1, 0.15) is 12.0 Å². The summed E-state index contributed by atoms with van der Waals surface area (Å²) in [4.78, 5) is 25.0. The quantitative estimate of drug-likeness (QED) is 0.711. The van der Waals surface area contributed by atoms with Gasteiger partial charge in [-0.1, -0.05) is 66.7 Å². The minimum Gasteiger partial charge on any atom is -0.344 e. The van der Waals surface area contributed by atoms with Crippen LogP contribution in [0.25, 0.3) is 5.57 Å². The summed E-state index contributed by atoms with van der Waals surface area (Å²) < 4.78 is 38.6. The average Bonchev–Trinajstić information content (AvgIpc) is 2.72. The number of rotatable bonds is 5. The Hall–Kier alpha value is -3.09. The van der Waals surface area contributed by atoms with Crippen LogP contribution in [0, 0.1) is 5.92 Å². The summed E-state index contributed by atoms with van der Waals surface area (Å²) in [6, 6.07) is 14.3. The lowest BCUT2D eigenvalue weighted by Crippen LogP contribution is -2.54. The topological polar surface area (TPSA) is 58.2 Å². The highest BCUT2D eigenvalue weighted by atomic mass is 19.4. The van der Waals surface area contributed by atoms with Gasteiger partial charge < -0.3 is 10.6 Å². The molecule has 1 fully saturated rings. The number of nitrogens with one attached hydrogen (secondary N) is 2. The van der Waals surface area contributed by atoms with Gasteiger partial charge in [0.15, 0.2) is 0 Å². The van der Waals surface area contributed by atoms with Crippen LogP contribution in [0.2, 0.25) is 0 Å². The van der Waals surface area contributed by atoms with E-state index in [0.717, 1.165) is 22.3 Å². The van der Waals surface area contributed by atoms with Crippen LogP contribution in [0.15, 0.2) is 61.2 Å². The molecule has 0 bridgehead atoms. The lowest BCUT2D eigenvalue weighted by atomic mass is 9.91. The van der Waals surface area contributed by atoms with E-state index >= 15 is 0 Å². The molecular formula is C23H23F3N2O2. The van der Waals surface area contributed by atoms with Crippen molar-refractivity contribution in [1.82, 2.24) is 10.6 Å². The van der Waals surface area contributed by atoms with Crippen LogP contribution in [-0.4, -0.2) is 24.0 Å². The van der Waals surface area contributed by atoms with Crippen LogP contribution in [0.1, 0.15) is 42.5 Å². The number of allylic oxidation sites excluding steroid dienone is 1. The van der Waals surface area contributed by atoms with Gasteiger partial charge in [-0.05, 0) is 36.5 Å². The van der Waals surface area contributed by atoms with E-state index < -0.39 is 36.0 Å². The number of amides is 2. The van der Waals surface area contributed by atoms with Gasteiger partial charge in [0.2, 0.25) is 11.8 Å². The van der Waals surface area contributed by atoms with E-state index in [1.165, 1.54) is 0 Å². The molecule has 0 aromatic heterocycles.